The van der Waals surface area contributed by atoms with Crippen LogP contribution in [-0.2, 0) is 16.6 Å². The Bertz CT molecular complexity index is 772. The first kappa shape index (κ1) is 16.2. The molecule has 1 aromatic carbocycles. The van der Waals surface area contributed by atoms with Crippen LogP contribution in [0.15, 0.2) is 47.5 Å². The number of hydrogen-bond donors (Lipinski definition) is 1. The fourth-order valence-corrected chi connectivity index (χ4v) is 4.30. The average Bonchev–Trinajstić information content (AvgIpc) is 3.09. The van der Waals surface area contributed by atoms with Gasteiger partial charge in [-0.05, 0) is 36.6 Å². The topological polar surface area (TPSA) is 63.6 Å². The first-order valence-corrected chi connectivity index (χ1v) is 9.38. The summed E-state index contributed by atoms with van der Waals surface area (Å²) >= 11 is 5.95. The van der Waals surface area contributed by atoms with Crippen molar-refractivity contribution in [3.8, 4) is 0 Å². The summed E-state index contributed by atoms with van der Waals surface area (Å²) in [6.45, 7) is 1.82. The molecular formula is C16H19ClN3O2S+. The van der Waals surface area contributed by atoms with E-state index in [0.717, 1.165) is 24.2 Å². The maximum Gasteiger partial charge on any atom is 0.272 e. The van der Waals surface area contributed by atoms with Crippen molar-refractivity contribution >= 4 is 27.4 Å². The van der Waals surface area contributed by atoms with Crippen molar-refractivity contribution in [3.05, 3.63) is 53.2 Å². The smallest absolute Gasteiger partial charge is 0.270 e. The predicted molar refractivity (Wildman–Crippen MR) is 89.8 cm³/mol. The largest absolute Gasteiger partial charge is 0.272 e. The molecule has 0 bridgehead atoms. The molecule has 7 heteroatoms. The van der Waals surface area contributed by atoms with Crippen LogP contribution >= 0.6 is 11.6 Å². The number of aromatic amines is 1. The molecule has 2 heterocycles. The highest BCUT2D eigenvalue weighted by molar-refractivity contribution is 7.89. The van der Waals surface area contributed by atoms with E-state index in [0.29, 0.717) is 29.6 Å². The Morgan fingerprint density at radius 1 is 1.17 bits per heavy atom. The highest BCUT2D eigenvalue weighted by atomic mass is 35.5. The Morgan fingerprint density at radius 3 is 2.61 bits per heavy atom. The molecule has 1 saturated heterocycles. The van der Waals surface area contributed by atoms with Crippen LogP contribution in [0.4, 0.5) is 5.82 Å². The van der Waals surface area contributed by atoms with E-state index in [1.807, 2.05) is 24.3 Å². The number of rotatable bonds is 5. The zero-order chi connectivity index (χ0) is 16.3. The molecule has 0 unspecified atom stereocenters. The SMILES string of the molecule is O=S(=O)(c1ccc(NCc2cccc(Cl)c2)[nH+]c1)N1CCCC1. The van der Waals surface area contributed by atoms with Crippen molar-refractivity contribution in [3.63, 3.8) is 0 Å². The van der Waals surface area contributed by atoms with Crippen LogP contribution in [0.1, 0.15) is 18.4 Å². The number of nitrogens with one attached hydrogen (secondary N) is 2. The highest BCUT2D eigenvalue weighted by Gasteiger charge is 2.27. The Morgan fingerprint density at radius 2 is 1.96 bits per heavy atom. The number of nitrogens with zero attached hydrogens (tertiary/aromatic N) is 1. The van der Waals surface area contributed by atoms with Gasteiger partial charge >= 0.3 is 0 Å². The van der Waals surface area contributed by atoms with Gasteiger partial charge in [-0.3, -0.25) is 5.32 Å². The second-order valence-corrected chi connectivity index (χ2v) is 7.91. The lowest BCUT2D eigenvalue weighted by molar-refractivity contribution is -0.364. The molecule has 1 fully saturated rings. The Balaban J connectivity index is 1.67. The maximum atomic E-state index is 12.4. The molecule has 5 nitrogen and oxygen atoms in total. The van der Waals surface area contributed by atoms with Crippen LogP contribution in [0.5, 0.6) is 0 Å². The molecule has 23 heavy (non-hydrogen) atoms. The van der Waals surface area contributed by atoms with Crippen LogP contribution in [-0.4, -0.2) is 25.8 Å². The number of sulfonamides is 1. The Hall–Kier alpha value is -1.63. The number of benzene rings is 1. The minimum absolute atomic E-state index is 0.299. The van der Waals surface area contributed by atoms with E-state index >= 15 is 0 Å². The van der Waals surface area contributed by atoms with Gasteiger partial charge in [0.1, 0.15) is 17.6 Å². The fraction of sp³-hybridized carbons (Fsp3) is 0.312. The Labute approximate surface area is 141 Å². The van der Waals surface area contributed by atoms with Gasteiger partial charge in [0.2, 0.25) is 10.0 Å². The van der Waals surface area contributed by atoms with Gasteiger partial charge in [-0.25, -0.2) is 13.4 Å². The zero-order valence-corrected chi connectivity index (χ0v) is 14.2. The van der Waals surface area contributed by atoms with Crippen molar-refractivity contribution in [2.24, 2.45) is 0 Å². The lowest BCUT2D eigenvalue weighted by Crippen LogP contribution is -2.29. The third-order valence-corrected chi connectivity index (χ3v) is 5.99. The molecule has 1 aliphatic heterocycles. The maximum absolute atomic E-state index is 12.4. The first-order chi connectivity index (χ1) is 11.1. The van der Waals surface area contributed by atoms with E-state index in [1.54, 1.807) is 12.1 Å². The van der Waals surface area contributed by atoms with E-state index in [1.165, 1.54) is 10.5 Å². The van der Waals surface area contributed by atoms with Crippen molar-refractivity contribution in [1.29, 1.82) is 0 Å². The Kier molecular flexibility index (Phi) is 4.84. The molecule has 0 atom stereocenters. The number of H-pyrrole nitrogens is 1. The summed E-state index contributed by atoms with van der Waals surface area (Å²) in [6, 6.07) is 11.0. The third kappa shape index (κ3) is 3.83. The van der Waals surface area contributed by atoms with E-state index in [-0.39, 0.29) is 0 Å². The molecule has 0 saturated carbocycles. The van der Waals surface area contributed by atoms with Crippen LogP contribution < -0.4 is 10.3 Å². The van der Waals surface area contributed by atoms with Gasteiger partial charge in [-0.15, -0.1) is 0 Å². The lowest BCUT2D eigenvalue weighted by atomic mass is 10.2. The van der Waals surface area contributed by atoms with E-state index in [9.17, 15) is 8.42 Å². The van der Waals surface area contributed by atoms with Crippen LogP contribution in [0.3, 0.4) is 0 Å². The van der Waals surface area contributed by atoms with Gasteiger partial charge in [0.15, 0.2) is 0 Å². The average molecular weight is 353 g/mol. The molecule has 122 valence electrons. The molecule has 1 aliphatic rings. The van der Waals surface area contributed by atoms with E-state index in [2.05, 4.69) is 10.3 Å². The molecule has 2 N–H and O–H groups in total. The van der Waals surface area contributed by atoms with Crippen molar-refractivity contribution in [2.75, 3.05) is 18.4 Å². The van der Waals surface area contributed by atoms with Crippen LogP contribution in [0.2, 0.25) is 5.02 Å². The van der Waals surface area contributed by atoms with Crippen LogP contribution in [0, 0.1) is 0 Å². The molecule has 0 aliphatic carbocycles. The summed E-state index contributed by atoms with van der Waals surface area (Å²) in [4.78, 5) is 3.30. The van der Waals surface area contributed by atoms with Crippen molar-refractivity contribution < 1.29 is 13.4 Å². The highest BCUT2D eigenvalue weighted by Crippen LogP contribution is 2.20. The third-order valence-electron chi connectivity index (χ3n) is 3.86. The van der Waals surface area contributed by atoms with Gasteiger partial charge in [-0.1, -0.05) is 23.7 Å². The second kappa shape index (κ2) is 6.86. The lowest BCUT2D eigenvalue weighted by Gasteiger charge is -2.14. The first-order valence-electron chi connectivity index (χ1n) is 7.56. The van der Waals surface area contributed by atoms with Crippen molar-refractivity contribution in [1.82, 2.24) is 4.31 Å². The van der Waals surface area contributed by atoms with Gasteiger partial charge in [0.25, 0.3) is 5.82 Å². The predicted octanol–water partition coefficient (Wildman–Crippen LogP) is 2.55. The number of pyridine rings is 1. The summed E-state index contributed by atoms with van der Waals surface area (Å²) in [5.74, 6) is 0.755. The molecule has 0 amide bonds. The van der Waals surface area contributed by atoms with Gasteiger partial charge in [0, 0.05) is 24.2 Å². The molecule has 0 radical (unpaired) electrons. The monoisotopic (exact) mass is 352 g/mol. The summed E-state index contributed by atoms with van der Waals surface area (Å²) < 4.78 is 26.4. The number of anilines is 1. The number of aromatic nitrogens is 1. The minimum Gasteiger partial charge on any atom is -0.270 e. The molecule has 0 spiro atoms. The summed E-state index contributed by atoms with van der Waals surface area (Å²) in [7, 11) is -3.37. The normalized spacial score (nSPS) is 15.7. The quantitative estimate of drug-likeness (QED) is 0.899. The molecule has 3 rings (SSSR count). The number of hydrogen-bond acceptors (Lipinski definition) is 3. The fourth-order valence-electron chi connectivity index (χ4n) is 2.60. The van der Waals surface area contributed by atoms with Gasteiger partial charge < -0.3 is 0 Å². The minimum atomic E-state index is -3.37. The van der Waals surface area contributed by atoms with Crippen LogP contribution in [0.25, 0.3) is 0 Å². The molecule has 1 aromatic heterocycles. The summed E-state index contributed by atoms with van der Waals surface area (Å²) in [6.07, 6.45) is 3.40. The van der Waals surface area contributed by atoms with E-state index in [4.69, 9.17) is 11.6 Å². The summed E-state index contributed by atoms with van der Waals surface area (Å²) in [5, 5.41) is 3.91. The zero-order valence-electron chi connectivity index (χ0n) is 12.6. The summed E-state index contributed by atoms with van der Waals surface area (Å²) in [5.41, 5.74) is 1.06. The number of halogens is 1. The second-order valence-electron chi connectivity index (χ2n) is 5.53. The van der Waals surface area contributed by atoms with Gasteiger partial charge in [-0.2, -0.15) is 4.31 Å². The standard InChI is InChI=1S/C16H18ClN3O2S/c17-14-5-3-4-13(10-14)11-18-16-7-6-15(12-19-16)23(21,22)20-8-1-2-9-20/h3-7,10,12H,1-2,8-9,11H2,(H,18,19)/p+1. The van der Waals surface area contributed by atoms with E-state index < -0.39 is 10.0 Å². The van der Waals surface area contributed by atoms with Crippen molar-refractivity contribution in [2.45, 2.75) is 24.3 Å². The molecule has 2 aromatic rings. The van der Waals surface area contributed by atoms with Gasteiger partial charge in [0.05, 0.1) is 0 Å². The molecular weight excluding hydrogens is 334 g/mol.